The summed E-state index contributed by atoms with van der Waals surface area (Å²) in [6.45, 7) is 2.07. The highest BCUT2D eigenvalue weighted by Crippen LogP contribution is 2.28. The van der Waals surface area contributed by atoms with Gasteiger partial charge in [-0.15, -0.1) is 10.2 Å². The molecule has 2 aromatic carbocycles. The Morgan fingerprint density at radius 1 is 1.24 bits per heavy atom. The first-order valence-electron chi connectivity index (χ1n) is 7.66. The molecule has 0 saturated carbocycles. The Bertz CT molecular complexity index is 875. The largest absolute Gasteiger partial charge is 0.504 e. The number of aromatic nitrogens is 3. The number of methoxy groups -OCH3 is 1. The number of hydrogen-bond donors (Lipinski definition) is 1. The van der Waals surface area contributed by atoms with E-state index in [4.69, 9.17) is 4.74 Å². The van der Waals surface area contributed by atoms with E-state index in [-0.39, 0.29) is 5.75 Å². The number of benzene rings is 2. The van der Waals surface area contributed by atoms with Crippen molar-refractivity contribution in [3.63, 3.8) is 0 Å². The van der Waals surface area contributed by atoms with Crippen LogP contribution in [0, 0.1) is 6.92 Å². The molecule has 1 heterocycles. The highest BCUT2D eigenvalue weighted by molar-refractivity contribution is 7.98. The summed E-state index contributed by atoms with van der Waals surface area (Å²) in [5.41, 5.74) is 3.00. The average molecular weight is 354 g/mol. The van der Waals surface area contributed by atoms with Gasteiger partial charge in [-0.2, -0.15) is 9.78 Å². The molecule has 1 aromatic heterocycles. The maximum Gasteiger partial charge on any atom is 0.212 e. The van der Waals surface area contributed by atoms with Crippen LogP contribution in [-0.4, -0.2) is 33.3 Å². The van der Waals surface area contributed by atoms with Gasteiger partial charge in [0.05, 0.1) is 13.3 Å². The molecule has 0 amide bonds. The van der Waals surface area contributed by atoms with Gasteiger partial charge >= 0.3 is 0 Å². The zero-order valence-electron chi connectivity index (χ0n) is 14.0. The van der Waals surface area contributed by atoms with Crippen LogP contribution in [0.5, 0.6) is 11.5 Å². The third-order valence-corrected chi connectivity index (χ3v) is 4.56. The van der Waals surface area contributed by atoms with Gasteiger partial charge in [0.1, 0.15) is 6.33 Å². The minimum Gasteiger partial charge on any atom is -0.504 e. The van der Waals surface area contributed by atoms with Crippen LogP contribution in [0.15, 0.2) is 59.0 Å². The molecule has 0 atom stereocenters. The number of ether oxygens (including phenoxy) is 1. The molecule has 0 aliphatic rings. The van der Waals surface area contributed by atoms with Crippen molar-refractivity contribution < 1.29 is 9.84 Å². The fourth-order valence-electron chi connectivity index (χ4n) is 2.16. The lowest BCUT2D eigenvalue weighted by molar-refractivity contribution is 0.373. The fourth-order valence-corrected chi connectivity index (χ4v) is 2.98. The lowest BCUT2D eigenvalue weighted by atomic mass is 10.2. The van der Waals surface area contributed by atoms with Gasteiger partial charge < -0.3 is 9.84 Å². The van der Waals surface area contributed by atoms with E-state index in [2.05, 4.69) is 46.5 Å². The second-order valence-electron chi connectivity index (χ2n) is 5.38. The zero-order valence-corrected chi connectivity index (χ0v) is 14.8. The highest BCUT2D eigenvalue weighted by Gasteiger charge is 2.07. The van der Waals surface area contributed by atoms with E-state index in [0.717, 1.165) is 5.75 Å². The summed E-state index contributed by atoms with van der Waals surface area (Å²) in [5, 5.41) is 23.1. The van der Waals surface area contributed by atoms with Gasteiger partial charge in [-0.05, 0) is 24.6 Å². The van der Waals surface area contributed by atoms with Crippen LogP contribution in [0.1, 0.15) is 16.7 Å². The maximum atomic E-state index is 10.1. The van der Waals surface area contributed by atoms with E-state index in [1.54, 1.807) is 40.9 Å². The molecule has 0 aliphatic heterocycles. The van der Waals surface area contributed by atoms with Gasteiger partial charge in [-0.3, -0.25) is 0 Å². The van der Waals surface area contributed by atoms with Gasteiger partial charge in [-0.25, -0.2) is 0 Å². The predicted molar refractivity (Wildman–Crippen MR) is 98.4 cm³/mol. The molecule has 1 N–H and O–H groups in total. The van der Waals surface area contributed by atoms with E-state index in [0.29, 0.717) is 16.5 Å². The van der Waals surface area contributed by atoms with Gasteiger partial charge in [0.2, 0.25) is 5.16 Å². The molecule has 0 radical (unpaired) electrons. The van der Waals surface area contributed by atoms with Crippen molar-refractivity contribution in [3.8, 4) is 11.5 Å². The quantitative estimate of drug-likeness (QED) is 0.542. The average Bonchev–Trinajstić information content (AvgIpc) is 3.08. The lowest BCUT2D eigenvalue weighted by Gasteiger charge is -2.05. The molecule has 3 rings (SSSR count). The monoisotopic (exact) mass is 354 g/mol. The van der Waals surface area contributed by atoms with E-state index >= 15 is 0 Å². The summed E-state index contributed by atoms with van der Waals surface area (Å²) in [7, 11) is 1.51. The Morgan fingerprint density at radius 2 is 2.04 bits per heavy atom. The first-order valence-corrected chi connectivity index (χ1v) is 8.64. The number of hydrogen-bond acceptors (Lipinski definition) is 6. The number of phenols is 1. The highest BCUT2D eigenvalue weighted by atomic mass is 32.2. The summed E-state index contributed by atoms with van der Waals surface area (Å²) in [4.78, 5) is 0. The third-order valence-electron chi connectivity index (χ3n) is 3.56. The van der Waals surface area contributed by atoms with Crippen molar-refractivity contribution in [2.24, 2.45) is 5.10 Å². The number of aromatic hydroxyl groups is 1. The number of thioether (sulfide) groups is 1. The Hall–Kier alpha value is -2.80. The molecule has 0 aliphatic carbocycles. The summed E-state index contributed by atoms with van der Waals surface area (Å²) in [5.74, 6) is 1.23. The summed E-state index contributed by atoms with van der Waals surface area (Å²) in [6, 6.07) is 13.6. The Balaban J connectivity index is 1.72. The standard InChI is InChI=1S/C18H18N4O2S/c1-13-6-8-14(9-7-13)11-25-18-21-19-12-22(18)20-10-15-4-3-5-16(24-2)17(15)23/h3-10,12,23H,11H2,1-2H3/b20-10-. The first-order chi connectivity index (χ1) is 12.2. The molecule has 0 bridgehead atoms. The van der Waals surface area contributed by atoms with Crippen molar-refractivity contribution in [2.45, 2.75) is 17.8 Å². The van der Waals surface area contributed by atoms with E-state index in [9.17, 15) is 5.11 Å². The van der Waals surface area contributed by atoms with Gasteiger partial charge in [-0.1, -0.05) is 47.7 Å². The lowest BCUT2D eigenvalue weighted by Crippen LogP contribution is -1.94. The predicted octanol–water partition coefficient (Wildman–Crippen LogP) is 3.48. The first kappa shape index (κ1) is 17.0. The van der Waals surface area contributed by atoms with Crippen LogP contribution >= 0.6 is 11.8 Å². The summed E-state index contributed by atoms with van der Waals surface area (Å²) < 4.78 is 6.68. The van der Waals surface area contributed by atoms with Crippen molar-refractivity contribution in [1.82, 2.24) is 14.9 Å². The minimum absolute atomic E-state index is 0.0516. The Labute approximate surface area is 150 Å². The summed E-state index contributed by atoms with van der Waals surface area (Å²) in [6.07, 6.45) is 3.09. The topological polar surface area (TPSA) is 72.5 Å². The number of nitrogens with zero attached hydrogens (tertiary/aromatic N) is 4. The molecule has 0 saturated heterocycles. The van der Waals surface area contributed by atoms with Crippen LogP contribution in [0.2, 0.25) is 0 Å². The molecule has 6 nitrogen and oxygen atoms in total. The number of para-hydroxylation sites is 1. The van der Waals surface area contributed by atoms with E-state index in [1.807, 2.05) is 0 Å². The molecule has 128 valence electrons. The summed E-state index contributed by atoms with van der Waals surface area (Å²) >= 11 is 1.55. The molecule has 25 heavy (non-hydrogen) atoms. The van der Waals surface area contributed by atoms with Crippen LogP contribution in [0.25, 0.3) is 0 Å². The van der Waals surface area contributed by atoms with Crippen molar-refractivity contribution >= 4 is 18.0 Å². The van der Waals surface area contributed by atoms with Gasteiger partial charge in [0.25, 0.3) is 0 Å². The van der Waals surface area contributed by atoms with Crippen LogP contribution < -0.4 is 4.74 Å². The maximum absolute atomic E-state index is 10.1. The zero-order chi connectivity index (χ0) is 17.6. The van der Waals surface area contributed by atoms with Crippen molar-refractivity contribution in [2.75, 3.05) is 7.11 Å². The number of aryl methyl sites for hydroxylation is 1. The molecule has 0 spiro atoms. The third kappa shape index (κ3) is 4.19. The normalized spacial score (nSPS) is 11.1. The Kier molecular flexibility index (Phi) is 5.35. The van der Waals surface area contributed by atoms with Crippen molar-refractivity contribution in [3.05, 3.63) is 65.5 Å². The molecule has 0 fully saturated rings. The van der Waals surface area contributed by atoms with Crippen LogP contribution in [0.3, 0.4) is 0 Å². The molecule has 0 unspecified atom stereocenters. The molecule has 3 aromatic rings. The van der Waals surface area contributed by atoms with Crippen LogP contribution in [0.4, 0.5) is 0 Å². The van der Waals surface area contributed by atoms with E-state index < -0.39 is 0 Å². The molecule has 7 heteroatoms. The van der Waals surface area contributed by atoms with Gasteiger partial charge in [0.15, 0.2) is 11.5 Å². The second-order valence-corrected chi connectivity index (χ2v) is 6.32. The smallest absolute Gasteiger partial charge is 0.212 e. The Morgan fingerprint density at radius 3 is 2.80 bits per heavy atom. The molecular weight excluding hydrogens is 336 g/mol. The SMILES string of the molecule is COc1cccc(/C=N\n2cnnc2SCc2ccc(C)cc2)c1O. The van der Waals surface area contributed by atoms with E-state index in [1.165, 1.54) is 24.6 Å². The number of rotatable bonds is 6. The number of phenolic OH excluding ortho intramolecular Hbond substituents is 1. The van der Waals surface area contributed by atoms with Crippen LogP contribution in [-0.2, 0) is 5.75 Å². The molecular formula is C18H18N4O2S. The fraction of sp³-hybridized carbons (Fsp3) is 0.167. The second kappa shape index (κ2) is 7.85. The minimum atomic E-state index is 0.0516. The van der Waals surface area contributed by atoms with Crippen molar-refractivity contribution in [1.29, 1.82) is 0 Å². The van der Waals surface area contributed by atoms with Gasteiger partial charge in [0, 0.05) is 11.3 Å².